The zero-order valence-electron chi connectivity index (χ0n) is 17.6. The third kappa shape index (κ3) is 5.38. The standard InChI is InChI=1S/C25H27NO4/c1-17(13-14-19-9-5-4-6-10-19)26-24(27)18(2)30-25(28)22-15-20-11-7-8-12-21(20)16-23(22)29-3/h4-12,15-18H,13-14H2,1-3H3,(H,26,27)/t17-,18-/m1/s1. The Labute approximate surface area is 177 Å². The van der Waals surface area contributed by atoms with Crippen LogP contribution in [0.4, 0.5) is 0 Å². The molecule has 0 saturated heterocycles. The zero-order valence-corrected chi connectivity index (χ0v) is 17.6. The summed E-state index contributed by atoms with van der Waals surface area (Å²) in [5.41, 5.74) is 1.52. The van der Waals surface area contributed by atoms with Gasteiger partial charge in [-0.1, -0.05) is 54.6 Å². The predicted molar refractivity (Wildman–Crippen MR) is 118 cm³/mol. The molecule has 1 N–H and O–H groups in total. The van der Waals surface area contributed by atoms with Crippen molar-refractivity contribution in [2.75, 3.05) is 7.11 Å². The van der Waals surface area contributed by atoms with Gasteiger partial charge >= 0.3 is 5.97 Å². The van der Waals surface area contributed by atoms with Crippen LogP contribution < -0.4 is 10.1 Å². The summed E-state index contributed by atoms with van der Waals surface area (Å²) >= 11 is 0. The zero-order chi connectivity index (χ0) is 21.5. The van der Waals surface area contributed by atoms with E-state index in [-0.39, 0.29) is 11.9 Å². The summed E-state index contributed by atoms with van der Waals surface area (Å²) in [4.78, 5) is 25.2. The molecule has 0 unspecified atom stereocenters. The quantitative estimate of drug-likeness (QED) is 0.559. The first-order chi connectivity index (χ1) is 14.5. The third-order valence-corrected chi connectivity index (χ3v) is 5.04. The molecule has 30 heavy (non-hydrogen) atoms. The monoisotopic (exact) mass is 405 g/mol. The van der Waals surface area contributed by atoms with Crippen LogP contribution in [0.1, 0.15) is 36.2 Å². The van der Waals surface area contributed by atoms with Gasteiger partial charge in [0.15, 0.2) is 6.10 Å². The van der Waals surface area contributed by atoms with Crippen molar-refractivity contribution in [1.29, 1.82) is 0 Å². The lowest BCUT2D eigenvalue weighted by molar-refractivity contribution is -0.129. The molecule has 0 aliphatic heterocycles. The summed E-state index contributed by atoms with van der Waals surface area (Å²) in [6, 6.07) is 21.3. The molecular weight excluding hydrogens is 378 g/mol. The van der Waals surface area contributed by atoms with Crippen LogP contribution in [0.25, 0.3) is 10.8 Å². The van der Waals surface area contributed by atoms with Crippen LogP contribution in [-0.4, -0.2) is 31.1 Å². The van der Waals surface area contributed by atoms with Crippen molar-refractivity contribution in [2.45, 2.75) is 38.8 Å². The maximum atomic E-state index is 12.7. The van der Waals surface area contributed by atoms with E-state index in [0.717, 1.165) is 23.6 Å². The molecular formula is C25H27NO4. The number of esters is 1. The van der Waals surface area contributed by atoms with E-state index in [2.05, 4.69) is 17.4 Å². The van der Waals surface area contributed by atoms with Gasteiger partial charge in [0.2, 0.25) is 0 Å². The number of carbonyl (C=O) groups is 2. The number of fused-ring (bicyclic) bond motifs is 1. The maximum absolute atomic E-state index is 12.7. The van der Waals surface area contributed by atoms with Gasteiger partial charge in [-0.25, -0.2) is 4.79 Å². The van der Waals surface area contributed by atoms with Crippen LogP contribution in [0.2, 0.25) is 0 Å². The number of carbonyl (C=O) groups excluding carboxylic acids is 2. The van der Waals surface area contributed by atoms with Crippen molar-refractivity contribution >= 4 is 22.6 Å². The van der Waals surface area contributed by atoms with Crippen molar-refractivity contribution in [3.63, 3.8) is 0 Å². The Kier molecular flexibility index (Phi) is 7.07. The van der Waals surface area contributed by atoms with Gasteiger partial charge in [0.1, 0.15) is 11.3 Å². The Hall–Kier alpha value is -3.34. The molecule has 3 aromatic carbocycles. The van der Waals surface area contributed by atoms with Gasteiger partial charge in [-0.15, -0.1) is 0 Å². The van der Waals surface area contributed by atoms with E-state index < -0.39 is 12.1 Å². The Morgan fingerprint density at radius 2 is 1.57 bits per heavy atom. The molecule has 5 heteroatoms. The molecule has 0 radical (unpaired) electrons. The molecule has 1 amide bonds. The summed E-state index contributed by atoms with van der Waals surface area (Å²) in [5.74, 6) is -0.483. The number of methoxy groups -OCH3 is 1. The van der Waals surface area contributed by atoms with Gasteiger partial charge in [-0.05, 0) is 55.2 Å². The second-order valence-electron chi connectivity index (χ2n) is 7.38. The number of aryl methyl sites for hydroxylation is 1. The number of amides is 1. The first-order valence-electron chi connectivity index (χ1n) is 10.1. The molecule has 0 spiro atoms. The molecule has 3 rings (SSSR count). The SMILES string of the molecule is COc1cc2ccccc2cc1C(=O)O[C@H](C)C(=O)N[C@H](C)CCc1ccccc1. The van der Waals surface area contributed by atoms with Crippen molar-refractivity contribution in [2.24, 2.45) is 0 Å². The van der Waals surface area contributed by atoms with Gasteiger partial charge in [-0.2, -0.15) is 0 Å². The Balaban J connectivity index is 1.59. The highest BCUT2D eigenvalue weighted by molar-refractivity contribution is 5.99. The minimum Gasteiger partial charge on any atom is -0.496 e. The fraction of sp³-hybridized carbons (Fsp3) is 0.280. The van der Waals surface area contributed by atoms with Crippen LogP contribution in [0.3, 0.4) is 0 Å². The number of ether oxygens (including phenoxy) is 2. The van der Waals surface area contributed by atoms with Crippen molar-refractivity contribution in [3.8, 4) is 5.75 Å². The molecule has 0 aromatic heterocycles. The third-order valence-electron chi connectivity index (χ3n) is 5.04. The summed E-state index contributed by atoms with van der Waals surface area (Å²) in [6.45, 7) is 3.52. The lowest BCUT2D eigenvalue weighted by Gasteiger charge is -2.18. The van der Waals surface area contributed by atoms with Gasteiger partial charge < -0.3 is 14.8 Å². The van der Waals surface area contributed by atoms with E-state index in [0.29, 0.717) is 11.3 Å². The summed E-state index contributed by atoms with van der Waals surface area (Å²) < 4.78 is 10.8. The van der Waals surface area contributed by atoms with E-state index >= 15 is 0 Å². The maximum Gasteiger partial charge on any atom is 0.342 e. The van der Waals surface area contributed by atoms with Crippen LogP contribution in [0.15, 0.2) is 66.7 Å². The Bertz CT molecular complexity index is 1020. The Morgan fingerprint density at radius 3 is 2.23 bits per heavy atom. The molecule has 156 valence electrons. The molecule has 0 heterocycles. The number of rotatable bonds is 8. The smallest absolute Gasteiger partial charge is 0.342 e. The van der Waals surface area contributed by atoms with Gasteiger partial charge in [0, 0.05) is 6.04 Å². The molecule has 0 bridgehead atoms. The van der Waals surface area contributed by atoms with E-state index in [9.17, 15) is 9.59 Å². The van der Waals surface area contributed by atoms with E-state index in [1.807, 2.05) is 49.4 Å². The Morgan fingerprint density at radius 1 is 0.933 bits per heavy atom. The minimum absolute atomic E-state index is 0.0333. The number of benzene rings is 3. The van der Waals surface area contributed by atoms with Crippen LogP contribution >= 0.6 is 0 Å². The highest BCUT2D eigenvalue weighted by atomic mass is 16.5. The lowest BCUT2D eigenvalue weighted by atomic mass is 10.1. The first-order valence-corrected chi connectivity index (χ1v) is 10.1. The lowest BCUT2D eigenvalue weighted by Crippen LogP contribution is -2.41. The first kappa shape index (κ1) is 21.4. The predicted octanol–water partition coefficient (Wildman–Crippen LogP) is 4.53. The van der Waals surface area contributed by atoms with E-state index in [4.69, 9.17) is 9.47 Å². The molecule has 3 aromatic rings. The average molecular weight is 405 g/mol. The fourth-order valence-electron chi connectivity index (χ4n) is 3.29. The number of hydrogen-bond acceptors (Lipinski definition) is 4. The molecule has 0 fully saturated rings. The van der Waals surface area contributed by atoms with E-state index in [1.165, 1.54) is 12.7 Å². The number of nitrogens with one attached hydrogen (secondary N) is 1. The fourth-order valence-corrected chi connectivity index (χ4v) is 3.29. The second kappa shape index (κ2) is 9.92. The highest BCUT2D eigenvalue weighted by Gasteiger charge is 2.23. The molecule has 0 aliphatic carbocycles. The van der Waals surface area contributed by atoms with Crippen molar-refractivity contribution in [3.05, 3.63) is 77.9 Å². The minimum atomic E-state index is -0.909. The average Bonchev–Trinajstić information content (AvgIpc) is 2.77. The molecule has 5 nitrogen and oxygen atoms in total. The molecule has 0 saturated carbocycles. The second-order valence-corrected chi connectivity index (χ2v) is 7.38. The van der Waals surface area contributed by atoms with Gasteiger partial charge in [-0.3, -0.25) is 4.79 Å². The van der Waals surface area contributed by atoms with Crippen molar-refractivity contribution < 1.29 is 19.1 Å². The summed E-state index contributed by atoms with van der Waals surface area (Å²) in [5, 5.41) is 4.78. The summed E-state index contributed by atoms with van der Waals surface area (Å²) in [6.07, 6.45) is 0.757. The summed E-state index contributed by atoms with van der Waals surface area (Å²) in [7, 11) is 1.51. The van der Waals surface area contributed by atoms with E-state index in [1.54, 1.807) is 19.1 Å². The van der Waals surface area contributed by atoms with Gasteiger partial charge in [0.25, 0.3) is 5.91 Å². The highest BCUT2D eigenvalue weighted by Crippen LogP contribution is 2.26. The molecule has 2 atom stereocenters. The number of hydrogen-bond donors (Lipinski definition) is 1. The van der Waals surface area contributed by atoms with Crippen LogP contribution in [-0.2, 0) is 16.0 Å². The largest absolute Gasteiger partial charge is 0.496 e. The molecule has 0 aliphatic rings. The topological polar surface area (TPSA) is 64.6 Å². The van der Waals surface area contributed by atoms with Crippen LogP contribution in [0.5, 0.6) is 5.75 Å². The van der Waals surface area contributed by atoms with Gasteiger partial charge in [0.05, 0.1) is 7.11 Å². The normalized spacial score (nSPS) is 12.8. The van der Waals surface area contributed by atoms with Crippen LogP contribution in [0, 0.1) is 0 Å². The van der Waals surface area contributed by atoms with Crippen molar-refractivity contribution in [1.82, 2.24) is 5.32 Å².